The van der Waals surface area contributed by atoms with Crippen molar-refractivity contribution in [2.45, 2.75) is 63.3 Å². The summed E-state index contributed by atoms with van der Waals surface area (Å²) in [5.74, 6) is 1.09. The number of methoxy groups -OCH3 is 1. The Morgan fingerprint density at radius 1 is 1.26 bits per heavy atom. The molecule has 9 atom stereocenters. The molecule has 1 saturated carbocycles. The molecular weight excluding hydrogens is 396 g/mol. The molecule has 0 aromatic heterocycles. The van der Waals surface area contributed by atoms with Crippen LogP contribution >= 0.6 is 0 Å². The summed E-state index contributed by atoms with van der Waals surface area (Å²) >= 11 is 0. The van der Waals surface area contributed by atoms with Crippen LogP contribution in [0.25, 0.3) is 0 Å². The van der Waals surface area contributed by atoms with E-state index in [-0.39, 0.29) is 41.3 Å². The van der Waals surface area contributed by atoms with E-state index in [1.165, 1.54) is 13.8 Å². The van der Waals surface area contributed by atoms with Crippen molar-refractivity contribution in [2.24, 2.45) is 22.7 Å². The molecule has 7 nitrogen and oxygen atoms in total. The van der Waals surface area contributed by atoms with E-state index >= 15 is 0 Å². The molecule has 0 N–H and O–H groups in total. The van der Waals surface area contributed by atoms with E-state index in [1.807, 2.05) is 12.1 Å². The molecule has 1 aliphatic carbocycles. The summed E-state index contributed by atoms with van der Waals surface area (Å²) in [5, 5.41) is 0. The zero-order chi connectivity index (χ0) is 21.7. The Bertz CT molecular complexity index is 1020. The van der Waals surface area contributed by atoms with Crippen LogP contribution in [0.15, 0.2) is 23.2 Å². The van der Waals surface area contributed by atoms with Gasteiger partial charge in [-0.15, -0.1) is 0 Å². The van der Waals surface area contributed by atoms with E-state index < -0.39 is 0 Å². The van der Waals surface area contributed by atoms with Gasteiger partial charge in [-0.05, 0) is 49.4 Å². The molecule has 5 fully saturated rings. The minimum atomic E-state index is -0.378. The maximum atomic E-state index is 12.3. The number of fused-ring (bicyclic) bond motifs is 2. The van der Waals surface area contributed by atoms with Gasteiger partial charge in [0.2, 0.25) is 0 Å². The van der Waals surface area contributed by atoms with Gasteiger partial charge in [0.1, 0.15) is 11.9 Å². The van der Waals surface area contributed by atoms with Crippen LogP contribution in [-0.2, 0) is 24.5 Å². The topological polar surface area (TPSA) is 77.4 Å². The van der Waals surface area contributed by atoms with Gasteiger partial charge in [0.25, 0.3) is 0 Å². The smallest absolute Gasteiger partial charge is 0.302 e. The van der Waals surface area contributed by atoms with Gasteiger partial charge in [-0.3, -0.25) is 19.5 Å². The molecule has 7 heteroatoms. The van der Waals surface area contributed by atoms with E-state index in [9.17, 15) is 9.59 Å². The molecule has 4 unspecified atom stereocenters. The van der Waals surface area contributed by atoms with E-state index in [2.05, 4.69) is 17.9 Å². The Balaban J connectivity index is 1.50. The van der Waals surface area contributed by atoms with E-state index in [4.69, 9.17) is 19.2 Å². The summed E-state index contributed by atoms with van der Waals surface area (Å²) < 4.78 is 17.2. The van der Waals surface area contributed by atoms with Crippen molar-refractivity contribution >= 4 is 23.3 Å². The molecule has 7 rings (SSSR count). The summed E-state index contributed by atoms with van der Waals surface area (Å²) in [6.07, 6.45) is 1.63. The lowest BCUT2D eigenvalue weighted by Gasteiger charge is -2.61. The third-order valence-corrected chi connectivity index (χ3v) is 8.65. The highest BCUT2D eigenvalue weighted by Crippen LogP contribution is 2.67. The molecule has 1 aromatic rings. The van der Waals surface area contributed by atoms with E-state index in [0.717, 1.165) is 35.6 Å². The van der Waals surface area contributed by atoms with Gasteiger partial charge in [0.15, 0.2) is 0 Å². The average molecular weight is 424 g/mol. The van der Waals surface area contributed by atoms with E-state index in [1.54, 1.807) is 7.11 Å². The van der Waals surface area contributed by atoms with Crippen molar-refractivity contribution < 1.29 is 23.8 Å². The lowest BCUT2D eigenvalue weighted by Crippen LogP contribution is -2.70. The third-order valence-electron chi connectivity index (χ3n) is 8.65. The molecule has 0 amide bonds. The number of carbonyl (C=O) groups is 2. The number of hydrogen-bond acceptors (Lipinski definition) is 7. The second kappa shape index (κ2) is 6.31. The Kier molecular flexibility index (Phi) is 3.93. The second-order valence-electron chi connectivity index (χ2n) is 9.80. The van der Waals surface area contributed by atoms with Crippen LogP contribution < -0.4 is 4.74 Å². The number of nitrogens with zero attached hydrogens (tertiary/aromatic N) is 2. The number of esters is 2. The Labute approximate surface area is 181 Å². The highest BCUT2D eigenvalue weighted by atomic mass is 16.5. The number of benzene rings is 1. The molecule has 4 saturated heterocycles. The van der Waals surface area contributed by atoms with Crippen molar-refractivity contribution in [3.8, 4) is 5.75 Å². The number of aliphatic imine (C=N–C) groups is 1. The summed E-state index contributed by atoms with van der Waals surface area (Å²) in [6, 6.07) is 6.94. The van der Waals surface area contributed by atoms with Crippen LogP contribution in [-0.4, -0.2) is 60.5 Å². The van der Waals surface area contributed by atoms with Crippen LogP contribution in [0, 0.1) is 17.8 Å². The summed E-state index contributed by atoms with van der Waals surface area (Å²) in [4.78, 5) is 31.6. The Morgan fingerprint density at radius 3 is 2.77 bits per heavy atom. The van der Waals surface area contributed by atoms with Gasteiger partial charge in [0.05, 0.1) is 36.6 Å². The minimum absolute atomic E-state index is 0.210. The average Bonchev–Trinajstić information content (AvgIpc) is 3.19. The molecule has 1 spiro atoms. The van der Waals surface area contributed by atoms with Crippen molar-refractivity contribution in [2.75, 3.05) is 13.7 Å². The number of piperidine rings is 4. The Hall–Kier alpha value is -2.41. The molecule has 1 aromatic carbocycles. The lowest BCUT2D eigenvalue weighted by atomic mass is 9.62. The molecule has 164 valence electrons. The highest BCUT2D eigenvalue weighted by molar-refractivity contribution is 6.08. The van der Waals surface area contributed by atoms with Gasteiger partial charge >= 0.3 is 11.9 Å². The first-order valence-electron chi connectivity index (χ1n) is 11.2. The Morgan fingerprint density at radius 2 is 2.06 bits per heavy atom. The molecule has 6 aliphatic rings. The minimum Gasteiger partial charge on any atom is -0.497 e. The third kappa shape index (κ3) is 2.30. The van der Waals surface area contributed by atoms with Crippen LogP contribution in [0.4, 0.5) is 5.69 Å². The maximum absolute atomic E-state index is 12.3. The first-order valence-corrected chi connectivity index (χ1v) is 11.2. The predicted octanol–water partition coefficient (Wildman–Crippen LogP) is 2.62. The van der Waals surface area contributed by atoms with Crippen molar-refractivity contribution in [3.05, 3.63) is 23.8 Å². The fourth-order valence-electron chi connectivity index (χ4n) is 7.76. The van der Waals surface area contributed by atoms with Gasteiger partial charge in [-0.25, -0.2) is 0 Å². The van der Waals surface area contributed by atoms with Gasteiger partial charge in [0, 0.05) is 37.8 Å². The van der Waals surface area contributed by atoms with Gasteiger partial charge in [-0.2, -0.15) is 0 Å². The summed E-state index contributed by atoms with van der Waals surface area (Å²) in [6.45, 7) is 5.64. The van der Waals surface area contributed by atoms with Crippen molar-refractivity contribution in [3.63, 3.8) is 0 Å². The fraction of sp³-hybridized carbons (Fsp3) is 0.625. The van der Waals surface area contributed by atoms with Crippen molar-refractivity contribution in [1.29, 1.82) is 0 Å². The summed E-state index contributed by atoms with van der Waals surface area (Å²) in [5.41, 5.74) is 2.89. The molecule has 5 aliphatic heterocycles. The number of rotatable bonds is 4. The standard InChI is InChI=1S/C24H28N2O5/c1-11-16(10-30-12(2)27)15-8-19-22-24(17-7-14(29-4)5-6-18(17)25-22)9-20(26(11)19)21(15)23(24)31-13(3)28/h5-7,11,15-16,19-21,23H,8-10H2,1-4H3/t11-,15-,16?,19?,20-,21-,23+,24?/m0/s1. The molecule has 0 radical (unpaired) electrons. The summed E-state index contributed by atoms with van der Waals surface area (Å²) in [7, 11) is 1.68. The fourth-order valence-corrected chi connectivity index (χ4v) is 7.76. The van der Waals surface area contributed by atoms with E-state index in [0.29, 0.717) is 24.6 Å². The molecule has 5 heterocycles. The zero-order valence-electron chi connectivity index (χ0n) is 18.3. The van der Waals surface area contributed by atoms with Crippen LogP contribution in [0.5, 0.6) is 5.75 Å². The normalized spacial score (nSPS) is 42.6. The quantitative estimate of drug-likeness (QED) is 0.692. The SMILES string of the molecule is COc1ccc2c(c1)C13C[C@H]4[C@@H]([C@H]1OC(C)=O)[C@H]1CC(C3=N2)N4[C@@H](C)C1COC(C)=O. The zero-order valence-corrected chi connectivity index (χ0v) is 18.3. The molecular formula is C24H28N2O5. The number of ether oxygens (including phenoxy) is 3. The van der Waals surface area contributed by atoms with Gasteiger partial charge in [-0.1, -0.05) is 0 Å². The molecule has 5 bridgehead atoms. The first-order chi connectivity index (χ1) is 14.9. The predicted molar refractivity (Wildman–Crippen MR) is 113 cm³/mol. The second-order valence-corrected chi connectivity index (χ2v) is 9.80. The number of carbonyl (C=O) groups excluding carboxylic acids is 2. The van der Waals surface area contributed by atoms with Crippen LogP contribution in [0.3, 0.4) is 0 Å². The van der Waals surface area contributed by atoms with Crippen LogP contribution in [0.1, 0.15) is 39.2 Å². The molecule has 31 heavy (non-hydrogen) atoms. The monoisotopic (exact) mass is 424 g/mol. The maximum Gasteiger partial charge on any atom is 0.302 e. The first kappa shape index (κ1) is 19.3. The highest BCUT2D eigenvalue weighted by Gasteiger charge is 2.75. The van der Waals surface area contributed by atoms with Crippen molar-refractivity contribution in [1.82, 2.24) is 4.90 Å². The lowest BCUT2D eigenvalue weighted by molar-refractivity contribution is -0.165. The van der Waals surface area contributed by atoms with Gasteiger partial charge < -0.3 is 14.2 Å². The number of hydrogen-bond donors (Lipinski definition) is 0. The largest absolute Gasteiger partial charge is 0.497 e. The van der Waals surface area contributed by atoms with Crippen LogP contribution in [0.2, 0.25) is 0 Å².